The van der Waals surface area contributed by atoms with Crippen LogP contribution in [0.2, 0.25) is 0 Å². The molecule has 1 aliphatic rings. The average Bonchev–Trinajstić information content (AvgIpc) is 2.84. The molecule has 8 heteroatoms. The van der Waals surface area contributed by atoms with E-state index in [4.69, 9.17) is 0 Å². The number of thioether (sulfide) groups is 1. The lowest BCUT2D eigenvalue weighted by Gasteiger charge is -2.11. The fourth-order valence-electron chi connectivity index (χ4n) is 1.20. The molecule has 16 heavy (non-hydrogen) atoms. The molecule has 0 bridgehead atoms. The number of aryl methyl sites for hydroxylation is 1. The Morgan fingerprint density at radius 2 is 2.44 bits per heavy atom. The van der Waals surface area contributed by atoms with E-state index in [-0.39, 0.29) is 18.4 Å². The summed E-state index contributed by atoms with van der Waals surface area (Å²) in [6.07, 6.45) is 0. The summed E-state index contributed by atoms with van der Waals surface area (Å²) in [5, 5.41) is 11.2. The molecule has 1 saturated heterocycles. The molecule has 6 nitrogen and oxygen atoms in total. The third kappa shape index (κ3) is 2.70. The first-order valence-corrected chi connectivity index (χ1v) is 6.43. The Morgan fingerprint density at radius 3 is 3.00 bits per heavy atom. The molecule has 1 N–H and O–H groups in total. The van der Waals surface area contributed by atoms with E-state index >= 15 is 0 Å². The minimum Gasteiger partial charge on any atom is -0.337 e. The molecule has 1 fully saturated rings. The second-order valence-corrected chi connectivity index (χ2v) is 5.63. The van der Waals surface area contributed by atoms with Crippen molar-refractivity contribution in [1.29, 1.82) is 0 Å². The van der Waals surface area contributed by atoms with Gasteiger partial charge < -0.3 is 10.2 Å². The Labute approximate surface area is 100 Å². The summed E-state index contributed by atoms with van der Waals surface area (Å²) in [4.78, 5) is 24.0. The van der Waals surface area contributed by atoms with Crippen molar-refractivity contribution in [1.82, 2.24) is 20.4 Å². The first-order chi connectivity index (χ1) is 7.65. The lowest BCUT2D eigenvalue weighted by atomic mass is 10.5. The molecule has 0 unspecified atom stereocenters. The second-order valence-electron chi connectivity index (χ2n) is 3.23. The second kappa shape index (κ2) is 4.79. The van der Waals surface area contributed by atoms with Gasteiger partial charge in [-0.3, -0.25) is 9.59 Å². The molecule has 0 spiro atoms. The highest BCUT2D eigenvalue weighted by molar-refractivity contribution is 8.01. The number of carbonyl (C=O) groups excluding carboxylic acids is 2. The summed E-state index contributed by atoms with van der Waals surface area (Å²) in [5.41, 5.74) is 0. The lowest BCUT2D eigenvalue weighted by molar-refractivity contribution is -0.129. The van der Waals surface area contributed by atoms with Crippen LogP contribution in [-0.2, 0) is 9.59 Å². The monoisotopic (exact) mass is 258 g/mol. The van der Waals surface area contributed by atoms with Crippen LogP contribution in [0, 0.1) is 6.92 Å². The van der Waals surface area contributed by atoms with Crippen molar-refractivity contribution >= 4 is 34.9 Å². The number of nitrogens with zero attached hydrogens (tertiary/aromatic N) is 3. The van der Waals surface area contributed by atoms with Gasteiger partial charge in [0.2, 0.25) is 11.8 Å². The Hall–Kier alpha value is -1.15. The molecule has 2 heterocycles. The van der Waals surface area contributed by atoms with Gasteiger partial charge in [0.25, 0.3) is 0 Å². The van der Waals surface area contributed by atoms with Gasteiger partial charge in [0.05, 0.1) is 12.4 Å². The van der Waals surface area contributed by atoms with Crippen molar-refractivity contribution in [3.05, 3.63) is 5.01 Å². The van der Waals surface area contributed by atoms with E-state index in [1.807, 2.05) is 6.92 Å². The van der Waals surface area contributed by atoms with E-state index in [0.717, 1.165) is 9.35 Å². The Balaban J connectivity index is 1.82. The molecule has 0 saturated carbocycles. The summed E-state index contributed by atoms with van der Waals surface area (Å²) in [5.74, 6) is 0.130. The van der Waals surface area contributed by atoms with Crippen LogP contribution in [-0.4, -0.2) is 45.9 Å². The Bertz CT molecular complexity index is 420. The van der Waals surface area contributed by atoms with Gasteiger partial charge in [0, 0.05) is 0 Å². The van der Waals surface area contributed by atoms with Gasteiger partial charge in [0.15, 0.2) is 4.34 Å². The molecule has 1 aliphatic heterocycles. The van der Waals surface area contributed by atoms with Gasteiger partial charge in [-0.1, -0.05) is 23.1 Å². The minimum atomic E-state index is -0.106. The topological polar surface area (TPSA) is 75.2 Å². The van der Waals surface area contributed by atoms with Crippen LogP contribution in [0.5, 0.6) is 0 Å². The van der Waals surface area contributed by atoms with Crippen LogP contribution >= 0.6 is 23.1 Å². The molecule has 86 valence electrons. The van der Waals surface area contributed by atoms with Gasteiger partial charge in [-0.15, -0.1) is 10.2 Å². The molecule has 2 rings (SSSR count). The number of aromatic nitrogens is 2. The number of hydrogen-bond donors (Lipinski definition) is 1. The highest BCUT2D eigenvalue weighted by Gasteiger charge is 2.23. The molecule has 0 aromatic carbocycles. The number of rotatable bonds is 3. The van der Waals surface area contributed by atoms with Gasteiger partial charge in [-0.25, -0.2) is 0 Å². The number of hydrogen-bond acceptors (Lipinski definition) is 6. The highest BCUT2D eigenvalue weighted by Crippen LogP contribution is 2.22. The van der Waals surface area contributed by atoms with Gasteiger partial charge in [0.1, 0.15) is 11.6 Å². The van der Waals surface area contributed by atoms with Gasteiger partial charge in [-0.05, 0) is 6.92 Å². The van der Waals surface area contributed by atoms with Crippen molar-refractivity contribution < 1.29 is 9.59 Å². The quantitative estimate of drug-likeness (QED) is 0.763. The third-order valence-corrected chi connectivity index (χ3v) is 3.94. The van der Waals surface area contributed by atoms with E-state index in [9.17, 15) is 9.59 Å². The average molecular weight is 258 g/mol. The number of nitrogens with one attached hydrogen (secondary N) is 1. The highest BCUT2D eigenvalue weighted by atomic mass is 32.2. The smallest absolute Gasteiger partial charge is 0.241 e. The zero-order chi connectivity index (χ0) is 11.5. The maximum Gasteiger partial charge on any atom is 0.241 e. The van der Waals surface area contributed by atoms with E-state index in [2.05, 4.69) is 15.5 Å². The van der Waals surface area contributed by atoms with Crippen molar-refractivity contribution in [2.24, 2.45) is 0 Å². The fraction of sp³-hybridized carbons (Fsp3) is 0.500. The first kappa shape index (κ1) is 11.3. The van der Waals surface area contributed by atoms with Crippen LogP contribution < -0.4 is 5.32 Å². The van der Waals surface area contributed by atoms with E-state index in [0.29, 0.717) is 12.4 Å². The number of carbonyl (C=O) groups is 2. The minimum absolute atomic E-state index is 0.0591. The maximum absolute atomic E-state index is 11.6. The SMILES string of the molecule is Cc1nnc(SCC(=O)N2CNC(=O)C2)s1. The summed E-state index contributed by atoms with van der Waals surface area (Å²) in [6.45, 7) is 2.34. The predicted octanol–water partition coefficient (Wildman–Crippen LogP) is -0.145. The Kier molecular flexibility index (Phi) is 3.39. The summed E-state index contributed by atoms with van der Waals surface area (Å²) >= 11 is 2.81. The third-order valence-electron chi connectivity index (χ3n) is 1.98. The normalized spacial score (nSPS) is 15.3. The molecule has 0 aliphatic carbocycles. The first-order valence-electron chi connectivity index (χ1n) is 4.62. The molecular weight excluding hydrogens is 248 g/mol. The molecular formula is C8H10N4O2S2. The summed E-state index contributed by atoms with van der Waals surface area (Å²) in [6, 6.07) is 0. The zero-order valence-corrected chi connectivity index (χ0v) is 10.2. The molecule has 2 amide bonds. The predicted molar refractivity (Wildman–Crippen MR) is 60.1 cm³/mol. The standard InChI is InChI=1S/C8H10N4O2S2/c1-5-10-11-8(16-5)15-3-7(14)12-2-6(13)9-4-12/h2-4H2,1H3,(H,9,13). The summed E-state index contributed by atoms with van der Waals surface area (Å²) in [7, 11) is 0. The molecule has 0 radical (unpaired) electrons. The van der Waals surface area contributed by atoms with Gasteiger partial charge >= 0.3 is 0 Å². The van der Waals surface area contributed by atoms with Gasteiger partial charge in [-0.2, -0.15) is 0 Å². The zero-order valence-electron chi connectivity index (χ0n) is 8.60. The van der Waals surface area contributed by atoms with Crippen molar-refractivity contribution in [3.8, 4) is 0 Å². The van der Waals surface area contributed by atoms with Crippen molar-refractivity contribution in [3.63, 3.8) is 0 Å². The summed E-state index contributed by atoms with van der Waals surface area (Å²) < 4.78 is 0.782. The van der Waals surface area contributed by atoms with Crippen LogP contribution in [0.15, 0.2) is 4.34 Å². The van der Waals surface area contributed by atoms with Crippen LogP contribution in [0.25, 0.3) is 0 Å². The molecule has 1 aromatic heterocycles. The van der Waals surface area contributed by atoms with Crippen molar-refractivity contribution in [2.75, 3.05) is 19.0 Å². The fourth-order valence-corrected chi connectivity index (χ4v) is 2.92. The van der Waals surface area contributed by atoms with Crippen molar-refractivity contribution in [2.45, 2.75) is 11.3 Å². The lowest BCUT2D eigenvalue weighted by Crippen LogP contribution is -2.31. The van der Waals surface area contributed by atoms with Crippen LogP contribution in [0.4, 0.5) is 0 Å². The van der Waals surface area contributed by atoms with E-state index < -0.39 is 0 Å². The Morgan fingerprint density at radius 1 is 1.62 bits per heavy atom. The van der Waals surface area contributed by atoms with Crippen LogP contribution in [0.3, 0.4) is 0 Å². The van der Waals surface area contributed by atoms with E-state index in [1.165, 1.54) is 28.0 Å². The maximum atomic E-state index is 11.6. The van der Waals surface area contributed by atoms with E-state index in [1.54, 1.807) is 0 Å². The molecule has 1 aromatic rings. The molecule has 0 atom stereocenters. The van der Waals surface area contributed by atoms with Crippen LogP contribution in [0.1, 0.15) is 5.01 Å². The number of amides is 2. The largest absolute Gasteiger partial charge is 0.337 e.